The number of benzene rings is 1. The summed E-state index contributed by atoms with van der Waals surface area (Å²) in [5, 5.41) is 0. The molecule has 7 heteroatoms. The minimum atomic E-state index is -0.222. The summed E-state index contributed by atoms with van der Waals surface area (Å²) >= 11 is 0. The number of likely N-dealkylation sites (tertiary alicyclic amines) is 1. The van der Waals surface area contributed by atoms with Crippen LogP contribution in [-0.2, 0) is 11.3 Å². The van der Waals surface area contributed by atoms with Gasteiger partial charge in [0.2, 0.25) is 11.7 Å². The molecule has 3 heterocycles. The Morgan fingerprint density at radius 3 is 2.57 bits per heavy atom. The van der Waals surface area contributed by atoms with E-state index in [1.54, 1.807) is 0 Å². The molecule has 30 heavy (non-hydrogen) atoms. The van der Waals surface area contributed by atoms with Crippen molar-refractivity contribution in [3.05, 3.63) is 47.3 Å². The summed E-state index contributed by atoms with van der Waals surface area (Å²) in [7, 11) is 0. The second-order valence-corrected chi connectivity index (χ2v) is 8.42. The third kappa shape index (κ3) is 4.21. The lowest BCUT2D eigenvalue weighted by atomic mass is 9.96. The lowest BCUT2D eigenvalue weighted by Crippen LogP contribution is -3.14. The monoisotopic (exact) mass is 412 g/mol. The first-order valence-corrected chi connectivity index (χ1v) is 10.6. The number of nitrogens with one attached hydrogen (secondary N) is 1. The maximum atomic E-state index is 13.0. The predicted octanol–water partition coefficient (Wildman–Crippen LogP) is 0.908. The normalized spacial score (nSPS) is 23.2. The van der Waals surface area contributed by atoms with Gasteiger partial charge in [0.1, 0.15) is 13.2 Å². The van der Waals surface area contributed by atoms with Crippen LogP contribution in [-0.4, -0.2) is 48.6 Å². The zero-order valence-corrected chi connectivity index (χ0v) is 17.6. The largest absolute Gasteiger partial charge is 0.486 e. The maximum absolute atomic E-state index is 13.0. The van der Waals surface area contributed by atoms with Crippen molar-refractivity contribution in [2.75, 3.05) is 26.2 Å². The van der Waals surface area contributed by atoms with E-state index in [0.717, 1.165) is 54.4 Å². The molecule has 2 aromatic rings. The van der Waals surface area contributed by atoms with Gasteiger partial charge in [-0.3, -0.25) is 9.59 Å². The van der Waals surface area contributed by atoms with E-state index in [1.807, 2.05) is 44.2 Å². The summed E-state index contributed by atoms with van der Waals surface area (Å²) < 4.78 is 14.1. The summed E-state index contributed by atoms with van der Waals surface area (Å²) in [4.78, 5) is 25.6. The molecule has 1 aromatic carbocycles. The molecule has 0 radical (unpaired) electrons. The van der Waals surface area contributed by atoms with Crippen molar-refractivity contribution in [2.45, 2.75) is 39.3 Å². The molecule has 160 valence electrons. The first-order chi connectivity index (χ1) is 14.4. The number of Topliss-reactive ketones (excluding diaryl/α,β-unsaturated/α-hetero) is 1. The van der Waals surface area contributed by atoms with Crippen LogP contribution in [0, 0.1) is 19.8 Å². The van der Waals surface area contributed by atoms with Crippen LogP contribution in [0.1, 0.15) is 34.6 Å². The minimum Gasteiger partial charge on any atom is -0.486 e. The molecule has 0 unspecified atom stereocenters. The average molecular weight is 413 g/mol. The summed E-state index contributed by atoms with van der Waals surface area (Å²) in [5.41, 5.74) is 8.19. The molecular formula is C23H30N3O4+. The number of nitrogens with two attached hydrogens (primary N) is 1. The van der Waals surface area contributed by atoms with E-state index < -0.39 is 0 Å². The van der Waals surface area contributed by atoms with Gasteiger partial charge in [-0.05, 0) is 32.0 Å². The lowest BCUT2D eigenvalue weighted by molar-refractivity contribution is -0.897. The van der Waals surface area contributed by atoms with Crippen LogP contribution in [0.4, 0.5) is 0 Å². The summed E-state index contributed by atoms with van der Waals surface area (Å²) in [6.45, 7) is 7.20. The Balaban J connectivity index is 1.40. The fourth-order valence-electron chi connectivity index (χ4n) is 4.53. The number of hydrogen-bond acceptors (Lipinski definition) is 4. The van der Waals surface area contributed by atoms with Gasteiger partial charge in [-0.15, -0.1) is 0 Å². The topological polar surface area (TPSA) is 88.0 Å². The number of para-hydroxylation sites is 2. The number of hydrogen-bond donors (Lipinski definition) is 2. The quantitative estimate of drug-likeness (QED) is 0.691. The van der Waals surface area contributed by atoms with E-state index in [9.17, 15) is 9.59 Å². The van der Waals surface area contributed by atoms with Gasteiger partial charge < -0.3 is 24.7 Å². The Morgan fingerprint density at radius 1 is 1.17 bits per heavy atom. The molecule has 1 fully saturated rings. The summed E-state index contributed by atoms with van der Waals surface area (Å²) in [6, 6.07) is 9.66. The maximum Gasteiger partial charge on any atom is 0.220 e. The standard InChI is InChI=1S/C23H29N3O4/c1-15-11-19(20(27)13-25-9-7-17(8-10-25)23(24)28)16(2)26(15)12-18-14-29-21-5-3-4-6-22(21)30-18/h3-6,11,17-18H,7-10,12-14H2,1-2H3,(H2,24,28)/p+1/t18-/m1/s1. The van der Waals surface area contributed by atoms with Gasteiger partial charge in [0.05, 0.1) is 19.6 Å². The van der Waals surface area contributed by atoms with Crippen LogP contribution in [0.5, 0.6) is 11.5 Å². The second kappa shape index (κ2) is 8.52. The molecular weight excluding hydrogens is 382 g/mol. The van der Waals surface area contributed by atoms with Crippen molar-refractivity contribution in [2.24, 2.45) is 11.7 Å². The van der Waals surface area contributed by atoms with Crippen LogP contribution in [0.3, 0.4) is 0 Å². The van der Waals surface area contributed by atoms with Gasteiger partial charge in [0, 0.05) is 35.7 Å². The Bertz CT molecular complexity index is 944. The number of carbonyl (C=O) groups is 2. The Hall–Kier alpha value is -2.80. The highest BCUT2D eigenvalue weighted by atomic mass is 16.6. The zero-order valence-electron chi connectivity index (χ0n) is 17.6. The van der Waals surface area contributed by atoms with Crippen molar-refractivity contribution in [1.82, 2.24) is 4.57 Å². The van der Waals surface area contributed by atoms with Crippen molar-refractivity contribution in [1.29, 1.82) is 0 Å². The molecule has 0 saturated carbocycles. The van der Waals surface area contributed by atoms with E-state index >= 15 is 0 Å². The van der Waals surface area contributed by atoms with E-state index in [0.29, 0.717) is 19.7 Å². The number of rotatable bonds is 6. The predicted molar refractivity (Wildman–Crippen MR) is 112 cm³/mol. The number of nitrogens with zero attached hydrogens (tertiary/aromatic N) is 1. The number of carbonyl (C=O) groups excluding carboxylic acids is 2. The SMILES string of the molecule is Cc1cc(C(=O)C[NH+]2CCC(C(N)=O)CC2)c(C)n1C[C@@H]1COc2ccccc2O1. The molecule has 4 rings (SSSR count). The van der Waals surface area contributed by atoms with Crippen molar-refractivity contribution in [3.8, 4) is 11.5 Å². The molecule has 1 aromatic heterocycles. The highest BCUT2D eigenvalue weighted by molar-refractivity contribution is 5.98. The number of quaternary nitrogens is 1. The van der Waals surface area contributed by atoms with Gasteiger partial charge in [0.15, 0.2) is 17.6 Å². The molecule has 7 nitrogen and oxygen atoms in total. The van der Waals surface area contributed by atoms with E-state index in [1.165, 1.54) is 4.90 Å². The first kappa shape index (κ1) is 20.5. The minimum absolute atomic E-state index is 0.0447. The van der Waals surface area contributed by atoms with E-state index in [2.05, 4.69) is 4.57 Å². The molecule has 2 aliphatic heterocycles. The highest BCUT2D eigenvalue weighted by Crippen LogP contribution is 2.31. The summed E-state index contributed by atoms with van der Waals surface area (Å²) in [6.07, 6.45) is 1.42. The smallest absolute Gasteiger partial charge is 0.220 e. The molecule has 1 saturated heterocycles. The molecule has 1 amide bonds. The number of ether oxygens (including phenoxy) is 2. The first-order valence-electron chi connectivity index (χ1n) is 10.6. The number of amides is 1. The van der Waals surface area contributed by atoms with E-state index in [4.69, 9.17) is 15.2 Å². The Labute approximate surface area is 176 Å². The number of aryl methyl sites for hydroxylation is 1. The van der Waals surface area contributed by atoms with Crippen molar-refractivity contribution >= 4 is 11.7 Å². The molecule has 0 spiro atoms. The van der Waals surface area contributed by atoms with Gasteiger partial charge in [-0.1, -0.05) is 12.1 Å². The fraction of sp³-hybridized carbons (Fsp3) is 0.478. The van der Waals surface area contributed by atoms with Crippen LogP contribution >= 0.6 is 0 Å². The molecule has 1 atom stereocenters. The van der Waals surface area contributed by atoms with Crippen molar-refractivity contribution in [3.63, 3.8) is 0 Å². The van der Waals surface area contributed by atoms with Crippen LogP contribution in [0.2, 0.25) is 0 Å². The molecule has 0 bridgehead atoms. The summed E-state index contributed by atoms with van der Waals surface area (Å²) in [5.74, 6) is 1.41. The molecule has 3 N–H and O–H groups in total. The number of piperidine rings is 1. The van der Waals surface area contributed by atoms with Gasteiger partial charge in [-0.2, -0.15) is 0 Å². The van der Waals surface area contributed by atoms with Gasteiger partial charge in [-0.25, -0.2) is 0 Å². The molecule has 0 aliphatic carbocycles. The third-order valence-corrected chi connectivity index (χ3v) is 6.33. The van der Waals surface area contributed by atoms with Gasteiger partial charge in [0.25, 0.3) is 0 Å². The second-order valence-electron chi connectivity index (χ2n) is 8.42. The van der Waals surface area contributed by atoms with Gasteiger partial charge >= 0.3 is 0 Å². The number of primary amides is 1. The average Bonchev–Trinajstić information content (AvgIpc) is 3.02. The van der Waals surface area contributed by atoms with Crippen molar-refractivity contribution < 1.29 is 24.0 Å². The Kier molecular flexibility index (Phi) is 5.81. The third-order valence-electron chi connectivity index (χ3n) is 6.33. The van der Waals surface area contributed by atoms with Crippen LogP contribution in [0.25, 0.3) is 0 Å². The zero-order chi connectivity index (χ0) is 21.3. The number of fused-ring (bicyclic) bond motifs is 1. The van der Waals surface area contributed by atoms with Crippen LogP contribution in [0.15, 0.2) is 30.3 Å². The van der Waals surface area contributed by atoms with E-state index in [-0.39, 0.29) is 23.7 Å². The number of ketones is 1. The Morgan fingerprint density at radius 2 is 1.87 bits per heavy atom. The highest BCUT2D eigenvalue weighted by Gasteiger charge is 2.29. The lowest BCUT2D eigenvalue weighted by Gasteiger charge is -2.28. The molecule has 2 aliphatic rings. The number of aromatic nitrogens is 1. The van der Waals surface area contributed by atoms with Crippen LogP contribution < -0.4 is 20.1 Å². The fourth-order valence-corrected chi connectivity index (χ4v) is 4.53.